The van der Waals surface area contributed by atoms with Crippen molar-refractivity contribution in [3.8, 4) is 0 Å². The van der Waals surface area contributed by atoms with Crippen LogP contribution >= 0.6 is 7.82 Å². The number of quaternary nitrogens is 1. The fraction of sp³-hybridized carbons (Fsp3) is 0.767. The molecule has 0 aliphatic rings. The van der Waals surface area contributed by atoms with Gasteiger partial charge in [0.1, 0.15) is 19.8 Å². The van der Waals surface area contributed by atoms with Gasteiger partial charge in [-0.15, -0.1) is 0 Å². The van der Waals surface area contributed by atoms with Gasteiger partial charge in [0.15, 0.2) is 6.10 Å². The molecule has 0 bridgehead atoms. The number of carbonyl (C=O) groups is 2. The maximum absolute atomic E-state index is 12.8. The minimum Gasteiger partial charge on any atom is -0.462 e. The standard InChI is InChI=1S/C60H108NO8P/c1-6-8-10-12-14-16-18-20-21-22-23-24-25-26-27-28-29-30-31-32-33-34-35-36-37-38-39-41-43-45-47-49-51-53-60(63)69-58(57-68-70(64,65)67-55-54-61(3,4)5)56-66-59(62)52-50-48-46-44-42-40-19-17-15-13-11-9-7-2/h8,10,14,16,20-21,23-24,26-27,29-30,58H,6-7,9,11-13,15,17-19,22,25,28,31-57H2,1-5H3/p+1/b10-8-,16-14-,21-20-,24-23-,27-26-,30-29-. The van der Waals surface area contributed by atoms with Gasteiger partial charge in [0, 0.05) is 12.8 Å². The number of esters is 2. The van der Waals surface area contributed by atoms with Crippen LogP contribution in [0.4, 0.5) is 0 Å². The number of allylic oxidation sites excluding steroid dienone is 12. The van der Waals surface area contributed by atoms with Crippen molar-refractivity contribution in [1.82, 2.24) is 0 Å². The van der Waals surface area contributed by atoms with Crippen molar-refractivity contribution in [1.29, 1.82) is 0 Å². The Labute approximate surface area is 431 Å². The predicted octanol–water partition coefficient (Wildman–Crippen LogP) is 17.7. The largest absolute Gasteiger partial charge is 0.472 e. The summed E-state index contributed by atoms with van der Waals surface area (Å²) in [5.74, 6) is -0.792. The predicted molar refractivity (Wildman–Crippen MR) is 298 cm³/mol. The van der Waals surface area contributed by atoms with Crippen LogP contribution in [0.3, 0.4) is 0 Å². The number of likely N-dealkylation sites (N-methyl/N-ethyl adjacent to an activating group) is 1. The fourth-order valence-electron chi connectivity index (χ4n) is 7.84. The molecule has 0 aliphatic heterocycles. The Morgan fingerprint density at radius 1 is 0.457 bits per heavy atom. The SMILES string of the molecule is CC/C=C\C/C=C\C/C=C\C/C=C\C/C=C\C/C=C\CCCCCCCCCCCCCCCCC(=O)OC(COC(=O)CCCCCCCCCCCCCCC)COP(=O)(O)OCC[N+](C)(C)C. The molecule has 0 rings (SSSR count). The van der Waals surface area contributed by atoms with Crippen molar-refractivity contribution in [3.05, 3.63) is 72.9 Å². The van der Waals surface area contributed by atoms with E-state index in [0.717, 1.165) is 77.0 Å². The molecule has 70 heavy (non-hydrogen) atoms. The van der Waals surface area contributed by atoms with Gasteiger partial charge in [-0.05, 0) is 64.2 Å². The van der Waals surface area contributed by atoms with Crippen LogP contribution < -0.4 is 0 Å². The number of nitrogens with zero attached hydrogens (tertiary/aromatic N) is 1. The van der Waals surface area contributed by atoms with Gasteiger partial charge in [0.25, 0.3) is 0 Å². The lowest BCUT2D eigenvalue weighted by atomic mass is 10.0. The molecule has 0 aromatic carbocycles. The molecule has 0 aromatic rings. The van der Waals surface area contributed by atoms with E-state index in [1.165, 1.54) is 135 Å². The summed E-state index contributed by atoms with van der Waals surface area (Å²) < 4.78 is 34.5. The first-order chi connectivity index (χ1) is 34.0. The molecule has 0 fully saturated rings. The molecule has 9 nitrogen and oxygen atoms in total. The maximum Gasteiger partial charge on any atom is 0.472 e. The van der Waals surface area contributed by atoms with Crippen LogP contribution in [0.5, 0.6) is 0 Å². The lowest BCUT2D eigenvalue weighted by molar-refractivity contribution is -0.870. The highest BCUT2D eigenvalue weighted by Crippen LogP contribution is 2.43. The van der Waals surface area contributed by atoms with Crippen LogP contribution in [0.2, 0.25) is 0 Å². The van der Waals surface area contributed by atoms with Gasteiger partial charge in [0.2, 0.25) is 0 Å². The molecular weight excluding hydrogens is 894 g/mol. The van der Waals surface area contributed by atoms with Crippen molar-refractivity contribution in [3.63, 3.8) is 0 Å². The van der Waals surface area contributed by atoms with E-state index in [2.05, 4.69) is 86.8 Å². The first-order valence-corrected chi connectivity index (χ1v) is 30.2. The molecule has 2 unspecified atom stereocenters. The third-order valence-electron chi connectivity index (χ3n) is 12.3. The first kappa shape index (κ1) is 67.5. The van der Waals surface area contributed by atoms with Crippen LogP contribution in [0.1, 0.15) is 245 Å². The van der Waals surface area contributed by atoms with E-state index in [9.17, 15) is 19.0 Å². The summed E-state index contributed by atoms with van der Waals surface area (Å²) in [6.45, 7) is 4.33. The highest BCUT2D eigenvalue weighted by molar-refractivity contribution is 7.47. The van der Waals surface area contributed by atoms with Crippen molar-refractivity contribution in [2.75, 3.05) is 47.5 Å². The first-order valence-electron chi connectivity index (χ1n) is 28.7. The van der Waals surface area contributed by atoms with E-state index in [0.29, 0.717) is 23.9 Å². The van der Waals surface area contributed by atoms with E-state index in [1.807, 2.05) is 21.1 Å². The zero-order valence-electron chi connectivity index (χ0n) is 46.0. The Balaban J connectivity index is 4.06. The summed E-state index contributed by atoms with van der Waals surface area (Å²) in [6.07, 6.45) is 66.9. The summed E-state index contributed by atoms with van der Waals surface area (Å²) in [7, 11) is 1.48. The van der Waals surface area contributed by atoms with Gasteiger partial charge < -0.3 is 18.9 Å². The molecule has 1 N–H and O–H groups in total. The topological polar surface area (TPSA) is 108 Å². The molecule has 406 valence electrons. The van der Waals surface area contributed by atoms with Gasteiger partial charge in [-0.25, -0.2) is 4.57 Å². The molecule has 0 saturated carbocycles. The molecule has 0 amide bonds. The van der Waals surface area contributed by atoms with Crippen LogP contribution in [0.15, 0.2) is 72.9 Å². The van der Waals surface area contributed by atoms with Crippen LogP contribution in [-0.4, -0.2) is 74.9 Å². The fourth-order valence-corrected chi connectivity index (χ4v) is 8.58. The Morgan fingerprint density at radius 2 is 0.814 bits per heavy atom. The summed E-state index contributed by atoms with van der Waals surface area (Å²) in [4.78, 5) is 35.6. The second kappa shape index (κ2) is 51.4. The zero-order valence-corrected chi connectivity index (χ0v) is 46.9. The molecule has 10 heteroatoms. The number of phosphoric acid groups is 1. The molecule has 0 heterocycles. The van der Waals surface area contributed by atoms with Crippen molar-refractivity contribution < 1.29 is 42.1 Å². The highest BCUT2D eigenvalue weighted by atomic mass is 31.2. The Bertz CT molecular complexity index is 1410. The molecule has 2 atom stereocenters. The molecule has 0 radical (unpaired) electrons. The molecule has 0 spiro atoms. The van der Waals surface area contributed by atoms with Gasteiger partial charge in [-0.1, -0.05) is 241 Å². The lowest BCUT2D eigenvalue weighted by Gasteiger charge is -2.24. The van der Waals surface area contributed by atoms with Crippen LogP contribution in [0.25, 0.3) is 0 Å². The average molecular weight is 1000 g/mol. The third-order valence-corrected chi connectivity index (χ3v) is 13.2. The minimum atomic E-state index is -4.38. The monoisotopic (exact) mass is 1000 g/mol. The maximum atomic E-state index is 12.8. The molecular formula is C60H109NO8P+. The van der Waals surface area contributed by atoms with Crippen molar-refractivity contribution >= 4 is 19.8 Å². The third kappa shape index (κ3) is 54.8. The number of carbonyl (C=O) groups excluding carboxylic acids is 2. The molecule has 0 saturated heterocycles. The van der Waals surface area contributed by atoms with E-state index >= 15 is 0 Å². The van der Waals surface area contributed by atoms with Gasteiger partial charge in [-0.3, -0.25) is 18.6 Å². The van der Waals surface area contributed by atoms with E-state index in [1.54, 1.807) is 0 Å². The smallest absolute Gasteiger partial charge is 0.462 e. The summed E-state index contributed by atoms with van der Waals surface area (Å²) in [5.41, 5.74) is 0. The number of hydrogen-bond acceptors (Lipinski definition) is 7. The number of hydrogen-bond donors (Lipinski definition) is 1. The number of phosphoric ester groups is 1. The quantitative estimate of drug-likeness (QED) is 0.0211. The number of unbranched alkanes of at least 4 members (excludes halogenated alkanes) is 26. The second-order valence-corrected chi connectivity index (χ2v) is 21.8. The van der Waals surface area contributed by atoms with Gasteiger partial charge in [-0.2, -0.15) is 0 Å². The minimum absolute atomic E-state index is 0.0313. The van der Waals surface area contributed by atoms with E-state index < -0.39 is 26.5 Å². The lowest BCUT2D eigenvalue weighted by Crippen LogP contribution is -2.37. The van der Waals surface area contributed by atoms with Crippen molar-refractivity contribution in [2.24, 2.45) is 0 Å². The zero-order chi connectivity index (χ0) is 51.3. The van der Waals surface area contributed by atoms with Gasteiger partial charge in [0.05, 0.1) is 27.7 Å². The average Bonchev–Trinajstić information content (AvgIpc) is 3.32. The number of ether oxygens (including phenoxy) is 2. The summed E-state index contributed by atoms with van der Waals surface area (Å²) in [6, 6.07) is 0. The van der Waals surface area contributed by atoms with Crippen molar-refractivity contribution in [2.45, 2.75) is 251 Å². The Kier molecular flexibility index (Phi) is 49.5. The normalized spacial score (nSPS) is 13.9. The molecule has 0 aromatic heterocycles. The van der Waals surface area contributed by atoms with E-state index in [4.69, 9.17) is 18.5 Å². The Hall–Kier alpha value is -2.55. The van der Waals surface area contributed by atoms with Gasteiger partial charge >= 0.3 is 19.8 Å². The molecule has 0 aliphatic carbocycles. The second-order valence-electron chi connectivity index (χ2n) is 20.3. The van der Waals surface area contributed by atoms with E-state index in [-0.39, 0.29) is 25.6 Å². The summed E-state index contributed by atoms with van der Waals surface area (Å²) >= 11 is 0. The number of rotatable bonds is 52. The highest BCUT2D eigenvalue weighted by Gasteiger charge is 2.27. The Morgan fingerprint density at radius 3 is 1.21 bits per heavy atom. The van der Waals surface area contributed by atoms with Crippen LogP contribution in [0, 0.1) is 0 Å². The summed E-state index contributed by atoms with van der Waals surface area (Å²) in [5, 5.41) is 0. The van der Waals surface area contributed by atoms with Crippen LogP contribution in [-0.2, 0) is 32.7 Å².